The molecule has 24 heteroatoms. The van der Waals surface area contributed by atoms with Crippen LogP contribution in [0.5, 0.6) is 0 Å². The number of nitro benzene ring substituents is 2. The van der Waals surface area contributed by atoms with E-state index >= 15 is 0 Å². The number of benzene rings is 2. The molecule has 3 aliphatic heterocycles. The average molecular weight is 866 g/mol. The van der Waals surface area contributed by atoms with Crippen LogP contribution in [0.2, 0.25) is 0 Å². The summed E-state index contributed by atoms with van der Waals surface area (Å²) in [5.74, 6) is -10.7. The molecule has 2 saturated heterocycles. The van der Waals surface area contributed by atoms with Crippen LogP contribution in [0.25, 0.3) is 5.53 Å². The summed E-state index contributed by atoms with van der Waals surface area (Å²) >= 11 is 9.53. The largest absolute Gasteiger partial charge is 0.509 e. The van der Waals surface area contributed by atoms with Crippen LogP contribution in [-0.4, -0.2) is 112 Å². The summed E-state index contributed by atoms with van der Waals surface area (Å²) in [5, 5.41) is 53.4. The van der Waals surface area contributed by atoms with Crippen molar-refractivity contribution >= 4 is 81.8 Å². The molecule has 0 radical (unpaired) electrons. The molecule has 8 atom stereocenters. The van der Waals surface area contributed by atoms with Gasteiger partial charge in [-0.05, 0) is 38.1 Å². The molecular formula is C35H34Cl2N6O16. The van der Waals surface area contributed by atoms with E-state index < -0.39 is 116 Å². The summed E-state index contributed by atoms with van der Waals surface area (Å²) in [6.45, 7) is 5.75. The molecule has 4 N–H and O–H groups in total. The molecule has 0 aliphatic carbocycles. The van der Waals surface area contributed by atoms with Gasteiger partial charge in [0.2, 0.25) is 11.8 Å². The number of halogens is 2. The zero-order valence-corrected chi connectivity index (χ0v) is 32.6. The van der Waals surface area contributed by atoms with E-state index in [9.17, 15) is 69.1 Å². The van der Waals surface area contributed by atoms with Gasteiger partial charge in [-0.2, -0.15) is 4.79 Å². The van der Waals surface area contributed by atoms with Crippen molar-refractivity contribution in [1.29, 1.82) is 0 Å². The van der Waals surface area contributed by atoms with Gasteiger partial charge in [-0.15, -0.1) is 23.2 Å². The van der Waals surface area contributed by atoms with Crippen LogP contribution in [0, 0.1) is 43.9 Å². The van der Waals surface area contributed by atoms with Crippen LogP contribution in [0.3, 0.4) is 0 Å². The normalized spacial score (nSPS) is 21.4. The summed E-state index contributed by atoms with van der Waals surface area (Å²) < 4.78 is 9.21. The van der Waals surface area contributed by atoms with Crippen molar-refractivity contribution in [2.45, 2.75) is 52.0 Å². The Kier molecular flexibility index (Phi) is 15.8. The lowest BCUT2D eigenvalue weighted by molar-refractivity contribution is -0.385. The van der Waals surface area contributed by atoms with Crippen LogP contribution in [0.4, 0.5) is 11.4 Å². The zero-order valence-electron chi connectivity index (χ0n) is 31.1. The first kappa shape index (κ1) is 46.9. The molecule has 2 aromatic rings. The molecule has 314 valence electrons. The van der Waals surface area contributed by atoms with Gasteiger partial charge in [-0.3, -0.25) is 39.5 Å². The van der Waals surface area contributed by atoms with E-state index in [1.807, 2.05) is 0 Å². The quantitative estimate of drug-likeness (QED) is 0.0289. The number of aliphatic hydroxyl groups excluding tert-OH is 3. The minimum absolute atomic E-state index is 0.103. The minimum atomic E-state index is -1.54. The number of non-ortho nitro benzene ring substituents is 2. The second kappa shape index (κ2) is 19.8. The van der Waals surface area contributed by atoms with Gasteiger partial charge in [0.15, 0.2) is 5.70 Å². The van der Waals surface area contributed by atoms with Gasteiger partial charge < -0.3 is 35.6 Å². The van der Waals surface area contributed by atoms with Gasteiger partial charge in [0.25, 0.3) is 17.2 Å². The van der Waals surface area contributed by atoms with Gasteiger partial charge in [-0.1, -0.05) is 13.8 Å². The van der Waals surface area contributed by atoms with Crippen molar-refractivity contribution in [2.75, 3.05) is 5.34 Å². The Hall–Kier alpha value is -6.45. The molecule has 3 heterocycles. The highest BCUT2D eigenvalue weighted by atomic mass is 35.5. The number of rotatable bonds is 11. The van der Waals surface area contributed by atoms with E-state index in [-0.39, 0.29) is 27.8 Å². The fraction of sp³-hybridized carbons (Fsp3) is 0.371. The van der Waals surface area contributed by atoms with Gasteiger partial charge >= 0.3 is 29.6 Å². The van der Waals surface area contributed by atoms with Crippen molar-refractivity contribution < 1.29 is 73.0 Å². The summed E-state index contributed by atoms with van der Waals surface area (Å²) in [6.07, 6.45) is -2.00. The molecule has 22 nitrogen and oxygen atoms in total. The number of amides is 2. The summed E-state index contributed by atoms with van der Waals surface area (Å²) in [5.41, 5.74) is 6.71. The van der Waals surface area contributed by atoms with Crippen LogP contribution < -0.4 is 5.32 Å². The van der Waals surface area contributed by atoms with Crippen molar-refractivity contribution in [3.05, 3.63) is 96.9 Å². The summed E-state index contributed by atoms with van der Waals surface area (Å²) in [4.78, 5) is 108. The third-order valence-corrected chi connectivity index (χ3v) is 9.32. The molecule has 5 rings (SSSR count). The molecule has 2 amide bonds. The molecule has 3 aliphatic rings. The minimum Gasteiger partial charge on any atom is -0.509 e. The predicted octanol–water partition coefficient (Wildman–Crippen LogP) is 1.98. The number of nitrogens with zero attached hydrogens (tertiary/aromatic N) is 5. The molecular weight excluding hydrogens is 831 g/mol. The van der Waals surface area contributed by atoms with Crippen molar-refractivity contribution in [2.24, 2.45) is 23.7 Å². The monoisotopic (exact) mass is 864 g/mol. The summed E-state index contributed by atoms with van der Waals surface area (Å²) in [6, 6.07) is 7.15. The first-order chi connectivity index (χ1) is 27.6. The average Bonchev–Trinajstić information content (AvgIpc) is 3.39. The number of fused-ring (bicyclic) bond motifs is 1. The maximum Gasteiger partial charge on any atom is 0.442 e. The third-order valence-electron chi connectivity index (χ3n) is 9.32. The van der Waals surface area contributed by atoms with Crippen LogP contribution >= 0.6 is 23.2 Å². The third kappa shape index (κ3) is 10.2. The van der Waals surface area contributed by atoms with E-state index in [1.54, 1.807) is 6.92 Å². The molecule has 0 aromatic heterocycles. The fourth-order valence-electron chi connectivity index (χ4n) is 6.28. The Morgan fingerprint density at radius 2 is 1.29 bits per heavy atom. The number of esters is 4. The van der Waals surface area contributed by atoms with Crippen LogP contribution in [0.1, 0.15) is 48.4 Å². The molecule has 0 saturated carbocycles. The van der Waals surface area contributed by atoms with Gasteiger partial charge in [-0.25, -0.2) is 19.2 Å². The van der Waals surface area contributed by atoms with E-state index in [2.05, 4.69) is 14.8 Å². The molecule has 0 bridgehead atoms. The SMILES string of the molecule is C[C@@H](O)[C@H]1C(=O)N2C(C(=O)OC(=O)c3ccc([N+](=O)[O-])cc3)=C(O)[C@H](C)[C@H]12.C[C@@H](O)[C@H]1C(=O)N[C@@H]1[C@@H](C)C(=O)C(=[N+]=[N-])C(=O)OC(=O)c1ccc([N+](=O)[O-])cc1.ClCCl. The fourth-order valence-corrected chi connectivity index (χ4v) is 6.28. The Balaban J connectivity index is 0.000000296. The van der Waals surface area contributed by atoms with E-state index in [0.717, 1.165) is 53.4 Å². The zero-order chi connectivity index (χ0) is 44.6. The van der Waals surface area contributed by atoms with Gasteiger partial charge in [0.1, 0.15) is 5.76 Å². The number of aliphatic hydroxyl groups is 3. The van der Waals surface area contributed by atoms with Crippen LogP contribution in [-0.2, 0) is 33.4 Å². The number of carbonyl (C=O) groups excluding carboxylic acids is 7. The number of nitro groups is 2. The number of carbonyl (C=O) groups is 7. The molecule has 2 fully saturated rings. The van der Waals surface area contributed by atoms with Crippen LogP contribution in [0.15, 0.2) is 60.0 Å². The maximum absolute atomic E-state index is 12.5. The van der Waals surface area contributed by atoms with Crippen molar-refractivity contribution in [1.82, 2.24) is 10.2 Å². The smallest absolute Gasteiger partial charge is 0.442 e. The van der Waals surface area contributed by atoms with Gasteiger partial charge in [0, 0.05) is 36.1 Å². The number of β-lactam (4-membered cyclic amide) rings is 2. The molecule has 2 aromatic carbocycles. The predicted molar refractivity (Wildman–Crippen MR) is 198 cm³/mol. The second-order valence-electron chi connectivity index (χ2n) is 13.0. The number of hydrogen-bond donors (Lipinski definition) is 4. The molecule has 59 heavy (non-hydrogen) atoms. The van der Waals surface area contributed by atoms with Crippen molar-refractivity contribution in [3.63, 3.8) is 0 Å². The first-order valence-electron chi connectivity index (χ1n) is 17.0. The summed E-state index contributed by atoms with van der Waals surface area (Å²) in [7, 11) is 0. The Morgan fingerprint density at radius 3 is 1.68 bits per heavy atom. The maximum atomic E-state index is 12.5. The highest BCUT2D eigenvalue weighted by Gasteiger charge is 2.61. The lowest BCUT2D eigenvalue weighted by atomic mass is 9.76. The van der Waals surface area contributed by atoms with E-state index in [4.69, 9.17) is 33.5 Å². The van der Waals surface area contributed by atoms with Gasteiger partial charge in [0.05, 0.1) is 62.4 Å². The molecule has 0 unspecified atom stereocenters. The lowest BCUT2D eigenvalue weighted by Gasteiger charge is -2.46. The highest BCUT2D eigenvalue weighted by Crippen LogP contribution is 2.46. The number of Topliss-reactive ketones (excluding diaryl/α,β-unsaturated/α-hetero) is 1. The number of ketones is 1. The lowest BCUT2D eigenvalue weighted by Crippen LogP contribution is -2.66. The van der Waals surface area contributed by atoms with Crippen molar-refractivity contribution in [3.8, 4) is 0 Å². The van der Waals surface area contributed by atoms with E-state index in [0.29, 0.717) is 0 Å². The number of hydrogen-bond acceptors (Lipinski definition) is 16. The Labute approximate surface area is 342 Å². The Bertz CT molecular complexity index is 2140. The second-order valence-corrected chi connectivity index (χ2v) is 13.8. The number of nitrogens with one attached hydrogen (secondary N) is 1. The first-order valence-corrected chi connectivity index (χ1v) is 18.0. The molecule has 0 spiro atoms. The standard InChI is InChI=1S/C17H16N4O8.C17H16N2O8.CH2Cl2/c1-7(12-11(8(2)22)15(24)19-12)14(23)13(20-18)17(26)29-16(25)9-3-5-10(6-4-9)21(27)28;1-7-12-11(8(2)20)15(22)18(12)13(14(7)21)17(24)27-16(23)9-3-5-10(6-4-9)19(25)26;2-1-3/h3-8,11-12,22H,1-2H3,(H,19,24);3-8,11-12,20-21H,1-2H3;1H2/t2*7-,8-,11-,12-;/m11./s1. The number of ether oxygens (including phenoxy) is 2. The highest BCUT2D eigenvalue weighted by molar-refractivity contribution is 6.63. The van der Waals surface area contributed by atoms with E-state index in [1.165, 1.54) is 20.8 Å². The topological polar surface area (TPSA) is 337 Å². The number of alkyl halides is 2. The Morgan fingerprint density at radius 1 is 0.847 bits per heavy atom.